The molecule has 49 heavy (non-hydrogen) atoms. The molecule has 0 aromatic heterocycles. The summed E-state index contributed by atoms with van der Waals surface area (Å²) >= 11 is 0. The van der Waals surface area contributed by atoms with Crippen LogP contribution in [0.4, 0.5) is 79.4 Å². The van der Waals surface area contributed by atoms with Crippen molar-refractivity contribution >= 4 is 6.09 Å². The first-order chi connectivity index (χ1) is 21.7. The number of carbonyl (C=O) groups is 1. The summed E-state index contributed by atoms with van der Waals surface area (Å²) in [6.45, 7) is 3.35. The summed E-state index contributed by atoms with van der Waals surface area (Å²) in [4.78, 5) is 14.6. The van der Waals surface area contributed by atoms with Crippen molar-refractivity contribution < 1.29 is 88.9 Å². The van der Waals surface area contributed by atoms with Crippen molar-refractivity contribution in [2.24, 2.45) is 5.11 Å². The Kier molecular flexibility index (Phi) is 12.7. The van der Waals surface area contributed by atoms with Crippen molar-refractivity contribution in [3.63, 3.8) is 0 Å². The molecule has 282 valence electrons. The van der Waals surface area contributed by atoms with Crippen LogP contribution in [0, 0.1) is 0 Å². The van der Waals surface area contributed by atoms with Gasteiger partial charge in [-0.3, -0.25) is 0 Å². The van der Waals surface area contributed by atoms with Crippen molar-refractivity contribution in [1.29, 1.82) is 0 Å². The quantitative estimate of drug-likeness (QED) is 0.0599. The molecule has 1 N–H and O–H groups in total. The van der Waals surface area contributed by atoms with E-state index in [4.69, 9.17) is 15.0 Å². The third-order valence-electron chi connectivity index (χ3n) is 6.18. The van der Waals surface area contributed by atoms with Crippen LogP contribution in [-0.2, 0) is 11.2 Å². The van der Waals surface area contributed by atoms with E-state index in [1.165, 1.54) is 12.1 Å². The zero-order valence-corrected chi connectivity index (χ0v) is 24.9. The van der Waals surface area contributed by atoms with Gasteiger partial charge in [-0.15, -0.1) is 0 Å². The maximum Gasteiger partial charge on any atom is 0.460 e. The van der Waals surface area contributed by atoms with Gasteiger partial charge in [-0.1, -0.05) is 17.2 Å². The van der Waals surface area contributed by atoms with E-state index < -0.39 is 84.8 Å². The number of halogens is 17. The summed E-state index contributed by atoms with van der Waals surface area (Å²) in [5.74, 6) is -56.9. The summed E-state index contributed by atoms with van der Waals surface area (Å²) in [6.07, 6.45) is -12.8. The van der Waals surface area contributed by atoms with Crippen LogP contribution in [0.15, 0.2) is 29.4 Å². The fourth-order valence-electron chi connectivity index (χ4n) is 3.61. The highest BCUT2D eigenvalue weighted by Gasteiger charge is 2.95. The van der Waals surface area contributed by atoms with Crippen LogP contribution in [0.25, 0.3) is 10.4 Å². The summed E-state index contributed by atoms with van der Waals surface area (Å²) in [5.41, 5.74) is 8.07. The van der Waals surface area contributed by atoms with E-state index in [0.29, 0.717) is 5.56 Å². The van der Waals surface area contributed by atoms with E-state index in [2.05, 4.69) is 15.3 Å². The monoisotopic (exact) mass is 752 g/mol. The van der Waals surface area contributed by atoms with E-state index in [-0.39, 0.29) is 18.7 Å². The molecule has 1 amide bonds. The fraction of sp³-hybridized carbons (Fsp3) is 0.720. The van der Waals surface area contributed by atoms with Crippen molar-refractivity contribution in [2.75, 3.05) is 13.2 Å². The van der Waals surface area contributed by atoms with Crippen LogP contribution in [0.3, 0.4) is 0 Å². The number of nitrogens with one attached hydrogen (secondary N) is 1. The molecular formula is C25H25F17N4O3. The number of alkyl carbamates (subject to hydrolysis) is 1. The summed E-state index contributed by atoms with van der Waals surface area (Å²) in [7, 11) is 0. The van der Waals surface area contributed by atoms with Gasteiger partial charge in [-0.2, -0.15) is 74.6 Å². The molecule has 0 heterocycles. The predicted molar refractivity (Wildman–Crippen MR) is 133 cm³/mol. The second kappa shape index (κ2) is 14.3. The van der Waals surface area contributed by atoms with Crippen LogP contribution in [0.2, 0.25) is 0 Å². The molecule has 7 nitrogen and oxygen atoms in total. The summed E-state index contributed by atoms with van der Waals surface area (Å²) in [6, 6.07) is 4.00. The number of amides is 1. The maximum absolute atomic E-state index is 14.1. The Morgan fingerprint density at radius 2 is 1.20 bits per heavy atom. The molecule has 0 aliphatic rings. The number of nitrogens with zero attached hydrogens (tertiary/aromatic N) is 3. The Balaban J connectivity index is 3.02. The van der Waals surface area contributed by atoms with Crippen molar-refractivity contribution in [3.05, 3.63) is 40.3 Å². The van der Waals surface area contributed by atoms with E-state index >= 15 is 0 Å². The fourth-order valence-corrected chi connectivity index (χ4v) is 3.61. The normalized spacial score (nSPS) is 14.9. The van der Waals surface area contributed by atoms with Crippen LogP contribution >= 0.6 is 0 Å². The number of rotatable bonds is 16. The topological polar surface area (TPSA) is 96.3 Å². The van der Waals surface area contributed by atoms with Gasteiger partial charge in [-0.05, 0) is 56.8 Å². The first kappa shape index (κ1) is 43.4. The number of hydrogen-bond donors (Lipinski definition) is 1. The lowest BCUT2D eigenvalue weighted by molar-refractivity contribution is -0.461. The molecule has 0 unspecified atom stereocenters. The molecule has 0 aliphatic heterocycles. The molecule has 1 aromatic carbocycles. The number of azide groups is 1. The molecule has 24 heteroatoms. The molecule has 1 atom stereocenters. The minimum atomic E-state index is -8.67. The highest BCUT2D eigenvalue weighted by molar-refractivity contribution is 5.68. The summed E-state index contributed by atoms with van der Waals surface area (Å²) < 4.78 is 237. The molecule has 0 radical (unpaired) electrons. The third-order valence-corrected chi connectivity index (χ3v) is 6.18. The van der Waals surface area contributed by atoms with E-state index in [9.17, 15) is 79.4 Å². The summed E-state index contributed by atoms with van der Waals surface area (Å²) in [5, 5.41) is 5.77. The van der Waals surface area contributed by atoms with Crippen molar-refractivity contribution in [3.8, 4) is 5.75 Å². The average molecular weight is 752 g/mol. The van der Waals surface area contributed by atoms with E-state index in [1.807, 2.05) is 0 Å². The van der Waals surface area contributed by atoms with Crippen molar-refractivity contribution in [2.45, 2.75) is 99.3 Å². The van der Waals surface area contributed by atoms with Crippen LogP contribution in [0.5, 0.6) is 5.75 Å². The van der Waals surface area contributed by atoms with Crippen molar-refractivity contribution in [1.82, 2.24) is 5.32 Å². The van der Waals surface area contributed by atoms with Gasteiger partial charge in [0, 0.05) is 23.9 Å². The number of hydrogen-bond acceptors (Lipinski definition) is 4. The lowest BCUT2D eigenvalue weighted by Gasteiger charge is -2.42. The average Bonchev–Trinajstić information content (AvgIpc) is 2.92. The zero-order valence-electron chi connectivity index (χ0n) is 24.9. The van der Waals surface area contributed by atoms with E-state index in [1.54, 1.807) is 20.8 Å². The zero-order chi connectivity index (χ0) is 38.7. The second-order valence-electron chi connectivity index (χ2n) is 11.2. The highest BCUT2D eigenvalue weighted by atomic mass is 19.4. The van der Waals surface area contributed by atoms with E-state index in [0.717, 1.165) is 12.1 Å². The Morgan fingerprint density at radius 1 is 0.755 bits per heavy atom. The minimum absolute atomic E-state index is 0.00246. The van der Waals surface area contributed by atoms with Gasteiger partial charge >= 0.3 is 53.7 Å². The van der Waals surface area contributed by atoms with Gasteiger partial charge in [0.05, 0.1) is 6.61 Å². The van der Waals surface area contributed by atoms with Gasteiger partial charge in [-0.25, -0.2) is 4.79 Å². The SMILES string of the molecule is CC(C)(C)OC(=O)N[C@H](CN=[N+]=[N-])Cc1ccc(OCCCC(F)(F)C(F)(F)C(F)(F)C(F)(F)C(F)(F)C(F)(F)C(F)(F)C(F)(F)F)cc1. The molecule has 1 rings (SSSR count). The van der Waals surface area contributed by atoms with Crippen LogP contribution in [-0.4, -0.2) is 78.5 Å². The van der Waals surface area contributed by atoms with Crippen LogP contribution in [0.1, 0.15) is 39.2 Å². The van der Waals surface area contributed by atoms with Crippen LogP contribution < -0.4 is 10.1 Å². The Labute approximate surface area is 264 Å². The molecule has 0 aliphatic carbocycles. The second-order valence-corrected chi connectivity index (χ2v) is 11.2. The van der Waals surface area contributed by atoms with Gasteiger partial charge in [0.15, 0.2) is 0 Å². The smallest absolute Gasteiger partial charge is 0.460 e. The molecule has 0 saturated carbocycles. The molecule has 0 bridgehead atoms. The third kappa shape index (κ3) is 8.96. The molecule has 0 spiro atoms. The standard InChI is InChI=1S/C25H25F17N4O3/c1-17(2,3)49-16(47)45-14(12-44-46-43)11-13-5-7-15(8-6-13)48-10-4-9-18(26,27)19(28,29)20(30,31)21(32,33)22(34,35)23(36,37)24(38,39)25(40,41)42/h5-8,14H,4,9-12H2,1-3H3,(H,45,47)/t14-/m0/s1. The molecule has 1 aromatic rings. The minimum Gasteiger partial charge on any atom is -0.494 e. The first-order valence-corrected chi connectivity index (χ1v) is 13.2. The first-order valence-electron chi connectivity index (χ1n) is 13.2. The van der Waals surface area contributed by atoms with Gasteiger partial charge < -0.3 is 14.8 Å². The largest absolute Gasteiger partial charge is 0.494 e. The molecule has 0 saturated heterocycles. The molecular weight excluding hydrogens is 727 g/mol. The number of ether oxygens (including phenoxy) is 2. The highest BCUT2D eigenvalue weighted by Crippen LogP contribution is 2.64. The predicted octanol–water partition coefficient (Wildman–Crippen LogP) is 9.60. The van der Waals surface area contributed by atoms with Gasteiger partial charge in [0.25, 0.3) is 0 Å². The lowest BCUT2D eigenvalue weighted by atomic mass is 9.88. The molecule has 0 fully saturated rings. The lowest BCUT2D eigenvalue weighted by Crippen LogP contribution is -2.74. The Bertz CT molecular complexity index is 1320. The van der Waals surface area contributed by atoms with Gasteiger partial charge in [0.1, 0.15) is 11.4 Å². The Morgan fingerprint density at radius 3 is 1.63 bits per heavy atom. The number of alkyl halides is 17. The maximum atomic E-state index is 14.1. The Hall–Kier alpha value is -3.59. The number of benzene rings is 1. The van der Waals surface area contributed by atoms with Gasteiger partial charge in [0.2, 0.25) is 0 Å². The number of carbonyl (C=O) groups excluding carboxylic acids is 1.